The molecule has 0 N–H and O–H groups in total. The summed E-state index contributed by atoms with van der Waals surface area (Å²) < 4.78 is 2.20. The average molecular weight is 209 g/mol. The fourth-order valence-electron chi connectivity index (χ4n) is 2.31. The van der Waals surface area contributed by atoms with E-state index in [0.29, 0.717) is 5.92 Å². The molecule has 0 spiro atoms. The number of benzene rings is 1. The number of hydrogen-bond donors (Lipinski definition) is 0. The van der Waals surface area contributed by atoms with E-state index in [2.05, 4.69) is 32.6 Å². The second kappa shape index (κ2) is 2.82. The van der Waals surface area contributed by atoms with Gasteiger partial charge in [-0.25, -0.2) is 9.97 Å². The Labute approximate surface area is 92.8 Å². The lowest BCUT2D eigenvalue weighted by Crippen LogP contribution is -1.96. The van der Waals surface area contributed by atoms with Crippen LogP contribution in [0.3, 0.4) is 0 Å². The molecule has 3 heteroatoms. The van der Waals surface area contributed by atoms with Crippen LogP contribution in [0, 0.1) is 0 Å². The molecule has 2 heterocycles. The maximum absolute atomic E-state index is 4.54. The Morgan fingerprint density at radius 3 is 2.88 bits per heavy atom. The Morgan fingerprint density at radius 2 is 2.00 bits per heavy atom. The van der Waals surface area contributed by atoms with Crippen molar-refractivity contribution in [3.63, 3.8) is 0 Å². The zero-order valence-electron chi connectivity index (χ0n) is 8.80. The van der Waals surface area contributed by atoms with Gasteiger partial charge in [-0.05, 0) is 37.0 Å². The average Bonchev–Trinajstić information content (AvgIpc) is 3.09. The maximum Gasteiger partial charge on any atom is 0.235 e. The van der Waals surface area contributed by atoms with Gasteiger partial charge in [0.1, 0.15) is 0 Å². The van der Waals surface area contributed by atoms with E-state index in [1.54, 1.807) is 0 Å². The highest BCUT2D eigenvalue weighted by Gasteiger charge is 2.26. The standard InChI is InChI=1S/C13H11N3/c1-2-4-12-10(3-1)15-13-14-8-7-11(16(12)13)9-5-6-9/h1-4,7-9H,5-6H2. The monoisotopic (exact) mass is 209 g/mol. The molecule has 0 atom stereocenters. The molecule has 2 aromatic heterocycles. The highest BCUT2D eigenvalue weighted by molar-refractivity contribution is 5.79. The van der Waals surface area contributed by atoms with Crippen LogP contribution in [0.4, 0.5) is 0 Å². The number of imidazole rings is 1. The fraction of sp³-hybridized carbons (Fsp3) is 0.231. The van der Waals surface area contributed by atoms with Gasteiger partial charge in [0.05, 0.1) is 11.0 Å². The van der Waals surface area contributed by atoms with E-state index in [4.69, 9.17) is 0 Å². The summed E-state index contributed by atoms with van der Waals surface area (Å²) in [5.41, 5.74) is 3.56. The third-order valence-electron chi connectivity index (χ3n) is 3.23. The molecule has 1 aromatic carbocycles. The van der Waals surface area contributed by atoms with Crippen LogP contribution in [0.15, 0.2) is 36.5 Å². The number of aromatic nitrogens is 3. The third-order valence-corrected chi connectivity index (χ3v) is 3.23. The molecule has 78 valence electrons. The van der Waals surface area contributed by atoms with Gasteiger partial charge in [-0.2, -0.15) is 0 Å². The Kier molecular flexibility index (Phi) is 1.46. The normalized spacial score (nSPS) is 16.0. The van der Waals surface area contributed by atoms with Crippen LogP contribution in [0.25, 0.3) is 16.8 Å². The number of para-hydroxylation sites is 2. The van der Waals surface area contributed by atoms with Crippen molar-refractivity contribution >= 4 is 16.8 Å². The summed E-state index contributed by atoms with van der Waals surface area (Å²) >= 11 is 0. The van der Waals surface area contributed by atoms with Gasteiger partial charge in [-0.1, -0.05) is 12.1 Å². The van der Waals surface area contributed by atoms with E-state index >= 15 is 0 Å². The van der Waals surface area contributed by atoms with Gasteiger partial charge in [-0.15, -0.1) is 0 Å². The second-order valence-corrected chi connectivity index (χ2v) is 4.38. The van der Waals surface area contributed by atoms with Crippen LogP contribution in [0.2, 0.25) is 0 Å². The quantitative estimate of drug-likeness (QED) is 0.617. The van der Waals surface area contributed by atoms with Gasteiger partial charge in [0, 0.05) is 11.9 Å². The van der Waals surface area contributed by atoms with Gasteiger partial charge in [0.2, 0.25) is 5.78 Å². The minimum atomic E-state index is 0.711. The predicted octanol–water partition coefficient (Wildman–Crippen LogP) is 2.76. The van der Waals surface area contributed by atoms with Gasteiger partial charge < -0.3 is 0 Å². The van der Waals surface area contributed by atoms with E-state index in [-0.39, 0.29) is 0 Å². The topological polar surface area (TPSA) is 30.2 Å². The summed E-state index contributed by atoms with van der Waals surface area (Å²) in [5, 5.41) is 0. The first-order valence-electron chi connectivity index (χ1n) is 5.65. The molecule has 0 amide bonds. The highest BCUT2D eigenvalue weighted by atomic mass is 15.1. The summed E-state index contributed by atoms with van der Waals surface area (Å²) in [6.45, 7) is 0. The van der Waals surface area contributed by atoms with Gasteiger partial charge in [0.15, 0.2) is 0 Å². The van der Waals surface area contributed by atoms with Crippen molar-refractivity contribution in [2.24, 2.45) is 0 Å². The smallest absolute Gasteiger partial charge is 0.235 e. The zero-order valence-corrected chi connectivity index (χ0v) is 8.80. The molecule has 1 saturated carbocycles. The molecule has 0 aliphatic heterocycles. The highest BCUT2D eigenvalue weighted by Crippen LogP contribution is 2.40. The number of rotatable bonds is 1. The summed E-state index contributed by atoms with van der Waals surface area (Å²) in [5.74, 6) is 1.54. The first-order valence-corrected chi connectivity index (χ1v) is 5.65. The van der Waals surface area contributed by atoms with Crippen LogP contribution >= 0.6 is 0 Å². The minimum absolute atomic E-state index is 0.711. The number of fused-ring (bicyclic) bond motifs is 3. The number of hydrogen-bond acceptors (Lipinski definition) is 2. The van der Waals surface area contributed by atoms with E-state index in [1.165, 1.54) is 24.1 Å². The van der Waals surface area contributed by atoms with Gasteiger partial charge >= 0.3 is 0 Å². The van der Waals surface area contributed by atoms with Crippen LogP contribution in [-0.2, 0) is 0 Å². The summed E-state index contributed by atoms with van der Waals surface area (Å²) in [4.78, 5) is 8.88. The zero-order chi connectivity index (χ0) is 10.5. The molecule has 1 aliphatic rings. The predicted molar refractivity (Wildman–Crippen MR) is 62.5 cm³/mol. The fourth-order valence-corrected chi connectivity index (χ4v) is 2.31. The molecule has 0 bridgehead atoms. The van der Waals surface area contributed by atoms with Gasteiger partial charge in [-0.3, -0.25) is 4.40 Å². The van der Waals surface area contributed by atoms with Crippen molar-refractivity contribution in [3.8, 4) is 0 Å². The molecule has 3 aromatic rings. The van der Waals surface area contributed by atoms with Gasteiger partial charge in [0.25, 0.3) is 0 Å². The molecule has 1 fully saturated rings. The minimum Gasteiger partial charge on any atom is -0.280 e. The van der Waals surface area contributed by atoms with E-state index in [9.17, 15) is 0 Å². The Morgan fingerprint density at radius 1 is 1.12 bits per heavy atom. The van der Waals surface area contributed by atoms with E-state index in [0.717, 1.165) is 11.3 Å². The first kappa shape index (κ1) is 8.28. The Balaban J connectivity index is 2.21. The van der Waals surface area contributed by atoms with E-state index < -0.39 is 0 Å². The van der Waals surface area contributed by atoms with Crippen molar-refractivity contribution in [3.05, 3.63) is 42.2 Å². The van der Waals surface area contributed by atoms with Crippen LogP contribution in [0.1, 0.15) is 24.5 Å². The third kappa shape index (κ3) is 1.03. The molecular formula is C13H11N3. The second-order valence-electron chi connectivity index (χ2n) is 4.38. The summed E-state index contributed by atoms with van der Waals surface area (Å²) in [6, 6.07) is 10.4. The molecular weight excluding hydrogens is 198 g/mol. The van der Waals surface area contributed by atoms with Crippen molar-refractivity contribution < 1.29 is 0 Å². The molecule has 3 nitrogen and oxygen atoms in total. The van der Waals surface area contributed by atoms with Crippen molar-refractivity contribution in [2.45, 2.75) is 18.8 Å². The molecule has 0 saturated heterocycles. The molecule has 1 aliphatic carbocycles. The largest absolute Gasteiger partial charge is 0.280 e. The van der Waals surface area contributed by atoms with Crippen molar-refractivity contribution in [1.29, 1.82) is 0 Å². The first-order chi connectivity index (χ1) is 7.93. The van der Waals surface area contributed by atoms with E-state index in [1.807, 2.05) is 18.3 Å². The Bertz CT molecular complexity index is 680. The summed E-state index contributed by atoms with van der Waals surface area (Å²) in [6.07, 6.45) is 4.46. The number of nitrogens with zero attached hydrogens (tertiary/aromatic N) is 3. The van der Waals surface area contributed by atoms with Crippen LogP contribution in [-0.4, -0.2) is 14.4 Å². The van der Waals surface area contributed by atoms with Crippen molar-refractivity contribution in [2.75, 3.05) is 0 Å². The molecule has 0 unspecified atom stereocenters. The maximum atomic E-state index is 4.54. The lowest BCUT2D eigenvalue weighted by atomic mass is 10.2. The lowest BCUT2D eigenvalue weighted by molar-refractivity contribution is 0.961. The Hall–Kier alpha value is -1.90. The molecule has 0 radical (unpaired) electrons. The summed E-state index contributed by atoms with van der Waals surface area (Å²) in [7, 11) is 0. The molecule has 4 rings (SSSR count). The van der Waals surface area contributed by atoms with Crippen LogP contribution < -0.4 is 0 Å². The van der Waals surface area contributed by atoms with Crippen molar-refractivity contribution in [1.82, 2.24) is 14.4 Å². The molecule has 16 heavy (non-hydrogen) atoms. The van der Waals surface area contributed by atoms with Crippen LogP contribution in [0.5, 0.6) is 0 Å². The SMILES string of the molecule is c1ccc2c(c1)nc1nccc(C3CC3)n12. The lowest BCUT2D eigenvalue weighted by Gasteiger charge is -2.03.